The summed E-state index contributed by atoms with van der Waals surface area (Å²) in [5, 5.41) is -0.665. The van der Waals surface area contributed by atoms with Crippen LogP contribution in [0.15, 0.2) is 12.3 Å². The summed E-state index contributed by atoms with van der Waals surface area (Å²) in [6, 6.07) is 1.15. The van der Waals surface area contributed by atoms with Gasteiger partial charge in [-0.15, -0.1) is 13.2 Å². The predicted molar refractivity (Wildman–Crippen MR) is 40.9 cm³/mol. The van der Waals surface area contributed by atoms with Crippen LogP contribution in [0.25, 0.3) is 0 Å². The molecule has 0 aromatic carbocycles. The fraction of sp³-hybridized carbons (Fsp3) is 0.167. The molecule has 0 saturated carbocycles. The van der Waals surface area contributed by atoms with Crippen LogP contribution in [0, 0.1) is 0 Å². The smallest absolute Gasteiger partial charge is 0.401 e. The molecule has 0 fully saturated rings. The minimum Gasteiger partial charge on any atom is -0.401 e. The van der Waals surface area contributed by atoms with Crippen LogP contribution in [0.3, 0.4) is 0 Å². The number of nitrogens with zero attached hydrogens (tertiary/aromatic N) is 1. The van der Waals surface area contributed by atoms with Crippen molar-refractivity contribution in [3.05, 3.63) is 22.4 Å². The molecule has 1 aromatic heterocycles. The van der Waals surface area contributed by atoms with Gasteiger partial charge in [0.05, 0.1) is 5.02 Å². The summed E-state index contributed by atoms with van der Waals surface area (Å²) in [6.07, 6.45) is -3.65. The maximum atomic E-state index is 11.7. The van der Waals surface area contributed by atoms with Crippen molar-refractivity contribution < 1.29 is 17.9 Å². The SMILES string of the molecule is FC(F)(F)Oc1c(Cl)ccnc1Cl. The van der Waals surface area contributed by atoms with Crippen LogP contribution in [-0.4, -0.2) is 11.3 Å². The Morgan fingerprint density at radius 1 is 1.31 bits per heavy atom. The van der Waals surface area contributed by atoms with Crippen molar-refractivity contribution in [2.75, 3.05) is 0 Å². The highest BCUT2D eigenvalue weighted by molar-refractivity contribution is 6.36. The molecule has 0 spiro atoms. The number of ether oxygens (including phenoxy) is 1. The first-order valence-corrected chi connectivity index (χ1v) is 3.71. The Morgan fingerprint density at radius 2 is 1.92 bits per heavy atom. The average Bonchev–Trinajstić information content (AvgIpc) is 1.95. The maximum Gasteiger partial charge on any atom is 0.573 e. The van der Waals surface area contributed by atoms with Crippen LogP contribution in [0.5, 0.6) is 5.75 Å². The number of hydrogen-bond acceptors (Lipinski definition) is 2. The number of pyridine rings is 1. The Labute approximate surface area is 81.2 Å². The Balaban J connectivity index is 3.00. The van der Waals surface area contributed by atoms with Crippen LogP contribution >= 0.6 is 23.2 Å². The monoisotopic (exact) mass is 231 g/mol. The topological polar surface area (TPSA) is 22.1 Å². The van der Waals surface area contributed by atoms with Gasteiger partial charge in [0.2, 0.25) is 0 Å². The lowest BCUT2D eigenvalue weighted by Gasteiger charge is -2.10. The highest BCUT2D eigenvalue weighted by atomic mass is 35.5. The van der Waals surface area contributed by atoms with E-state index in [1.165, 1.54) is 6.20 Å². The molecule has 0 N–H and O–H groups in total. The van der Waals surface area contributed by atoms with Gasteiger partial charge in [-0.1, -0.05) is 23.2 Å². The van der Waals surface area contributed by atoms with Gasteiger partial charge in [-0.05, 0) is 6.07 Å². The molecule has 7 heteroatoms. The fourth-order valence-electron chi connectivity index (χ4n) is 0.608. The molecule has 13 heavy (non-hydrogen) atoms. The molecule has 2 nitrogen and oxygen atoms in total. The number of alkyl halides is 3. The first-order valence-electron chi connectivity index (χ1n) is 2.96. The molecule has 1 heterocycles. The number of aromatic nitrogens is 1. The molecule has 1 rings (SSSR count). The zero-order valence-electron chi connectivity index (χ0n) is 5.90. The summed E-state index contributed by atoms with van der Waals surface area (Å²) in [5.41, 5.74) is 0. The summed E-state index contributed by atoms with van der Waals surface area (Å²) < 4.78 is 38.7. The lowest BCUT2D eigenvalue weighted by Crippen LogP contribution is -2.17. The van der Waals surface area contributed by atoms with Gasteiger partial charge in [0.15, 0.2) is 10.9 Å². The van der Waals surface area contributed by atoms with Gasteiger partial charge in [0.1, 0.15) is 0 Å². The molecule has 0 unspecified atom stereocenters. The first kappa shape index (κ1) is 10.4. The maximum absolute atomic E-state index is 11.7. The number of hydrogen-bond donors (Lipinski definition) is 0. The quantitative estimate of drug-likeness (QED) is 0.693. The van der Waals surface area contributed by atoms with E-state index in [0.29, 0.717) is 0 Å². The highest BCUT2D eigenvalue weighted by Crippen LogP contribution is 2.34. The van der Waals surface area contributed by atoms with E-state index >= 15 is 0 Å². The highest BCUT2D eigenvalue weighted by Gasteiger charge is 2.33. The van der Waals surface area contributed by atoms with Gasteiger partial charge in [-0.25, -0.2) is 4.98 Å². The van der Waals surface area contributed by atoms with E-state index in [9.17, 15) is 13.2 Å². The molecule has 0 amide bonds. The van der Waals surface area contributed by atoms with Gasteiger partial charge in [0, 0.05) is 6.20 Å². The van der Waals surface area contributed by atoms with Crippen molar-refractivity contribution in [2.24, 2.45) is 0 Å². The third-order valence-corrected chi connectivity index (χ3v) is 1.60. The van der Waals surface area contributed by atoms with Crippen LogP contribution in [0.2, 0.25) is 10.2 Å². The Kier molecular flexibility index (Phi) is 2.87. The summed E-state index contributed by atoms with van der Waals surface area (Å²) in [4.78, 5) is 3.38. The zero-order valence-corrected chi connectivity index (χ0v) is 7.41. The van der Waals surface area contributed by atoms with Crippen molar-refractivity contribution in [3.63, 3.8) is 0 Å². The van der Waals surface area contributed by atoms with Gasteiger partial charge < -0.3 is 4.74 Å². The van der Waals surface area contributed by atoms with E-state index in [0.717, 1.165) is 6.07 Å². The van der Waals surface area contributed by atoms with Gasteiger partial charge in [-0.3, -0.25) is 0 Å². The van der Waals surface area contributed by atoms with E-state index in [4.69, 9.17) is 23.2 Å². The van der Waals surface area contributed by atoms with E-state index in [1.54, 1.807) is 0 Å². The van der Waals surface area contributed by atoms with Crippen LogP contribution in [-0.2, 0) is 0 Å². The molecule has 0 aliphatic rings. The predicted octanol–water partition coefficient (Wildman–Crippen LogP) is 3.29. The molecule has 0 atom stereocenters. The molecule has 0 aliphatic carbocycles. The molecule has 0 aliphatic heterocycles. The van der Waals surface area contributed by atoms with E-state index in [-0.39, 0.29) is 5.02 Å². The fourth-order valence-corrected chi connectivity index (χ4v) is 1.04. The lowest BCUT2D eigenvalue weighted by atomic mass is 10.4. The summed E-state index contributed by atoms with van der Waals surface area (Å²) in [6.45, 7) is 0. The van der Waals surface area contributed by atoms with Crippen molar-refractivity contribution in [2.45, 2.75) is 6.36 Å². The lowest BCUT2D eigenvalue weighted by molar-refractivity contribution is -0.274. The Bertz CT molecular complexity index is 295. The van der Waals surface area contributed by atoms with Gasteiger partial charge in [-0.2, -0.15) is 0 Å². The van der Waals surface area contributed by atoms with E-state index in [2.05, 4.69) is 9.72 Å². The Morgan fingerprint density at radius 3 is 2.38 bits per heavy atom. The second kappa shape index (κ2) is 3.59. The Hall–Kier alpha value is -0.680. The minimum atomic E-state index is -4.82. The third-order valence-electron chi connectivity index (χ3n) is 1.03. The molecular formula is C6H2Cl2F3NO. The molecule has 72 valence electrons. The van der Waals surface area contributed by atoms with Crippen molar-refractivity contribution in [1.29, 1.82) is 0 Å². The number of rotatable bonds is 1. The number of halogens is 5. The average molecular weight is 232 g/mol. The largest absolute Gasteiger partial charge is 0.573 e. The minimum absolute atomic E-state index is 0.239. The van der Waals surface area contributed by atoms with Crippen molar-refractivity contribution >= 4 is 23.2 Å². The van der Waals surface area contributed by atoms with E-state index < -0.39 is 17.3 Å². The van der Waals surface area contributed by atoms with Crippen LogP contribution in [0.1, 0.15) is 0 Å². The normalized spacial score (nSPS) is 11.5. The molecule has 0 saturated heterocycles. The second-order valence-corrected chi connectivity index (χ2v) is 2.73. The van der Waals surface area contributed by atoms with Gasteiger partial charge in [0.25, 0.3) is 0 Å². The summed E-state index contributed by atoms with van der Waals surface area (Å²) >= 11 is 10.7. The molecular weight excluding hydrogens is 230 g/mol. The molecule has 1 aromatic rings. The van der Waals surface area contributed by atoms with Crippen molar-refractivity contribution in [1.82, 2.24) is 4.98 Å². The second-order valence-electron chi connectivity index (χ2n) is 1.96. The summed E-state index contributed by atoms with van der Waals surface area (Å²) in [7, 11) is 0. The van der Waals surface area contributed by atoms with E-state index in [1.807, 2.05) is 0 Å². The van der Waals surface area contributed by atoms with Gasteiger partial charge >= 0.3 is 6.36 Å². The molecule has 0 radical (unpaired) electrons. The summed E-state index contributed by atoms with van der Waals surface area (Å²) in [5.74, 6) is -0.682. The zero-order chi connectivity index (χ0) is 10.1. The standard InChI is InChI=1S/C6H2Cl2F3NO/c7-3-1-2-12-5(8)4(3)13-6(9,10)11/h1-2H. The molecule has 0 bridgehead atoms. The van der Waals surface area contributed by atoms with Crippen LogP contribution in [0.4, 0.5) is 13.2 Å². The van der Waals surface area contributed by atoms with Crippen molar-refractivity contribution in [3.8, 4) is 5.75 Å². The first-order chi connectivity index (χ1) is 5.90. The van der Waals surface area contributed by atoms with Crippen LogP contribution < -0.4 is 4.74 Å². The third kappa shape index (κ3) is 2.93.